The summed E-state index contributed by atoms with van der Waals surface area (Å²) < 4.78 is 38.7. The lowest BCUT2D eigenvalue weighted by atomic mass is 9.82. The van der Waals surface area contributed by atoms with Gasteiger partial charge in [0.2, 0.25) is 5.91 Å². The SMILES string of the molecule is O=C(O)C(CC(F)(F)F)NC(=O)C1CC=CCC1c1nc2ccccc2s1. The normalized spacial score (nSPS) is 21.1. The zero-order valence-electron chi connectivity index (χ0n) is 14.1. The molecule has 0 fully saturated rings. The Bertz CT molecular complexity index is 845. The second kappa shape index (κ2) is 7.67. The number of carboxylic acids is 1. The monoisotopic (exact) mass is 398 g/mol. The Balaban J connectivity index is 1.81. The molecule has 2 aromatic rings. The van der Waals surface area contributed by atoms with Crippen LogP contribution in [0.25, 0.3) is 10.2 Å². The molecule has 27 heavy (non-hydrogen) atoms. The molecule has 5 nitrogen and oxygen atoms in total. The van der Waals surface area contributed by atoms with E-state index in [0.29, 0.717) is 12.8 Å². The molecule has 1 aromatic carbocycles. The van der Waals surface area contributed by atoms with Gasteiger partial charge >= 0.3 is 12.1 Å². The van der Waals surface area contributed by atoms with Gasteiger partial charge in [-0.15, -0.1) is 11.3 Å². The molecular formula is C18H17F3N2O3S. The number of rotatable bonds is 5. The van der Waals surface area contributed by atoms with Gasteiger partial charge in [0.1, 0.15) is 6.04 Å². The van der Waals surface area contributed by atoms with E-state index in [1.165, 1.54) is 11.3 Å². The number of benzene rings is 1. The van der Waals surface area contributed by atoms with E-state index < -0.39 is 36.4 Å². The number of carbonyl (C=O) groups excluding carboxylic acids is 1. The van der Waals surface area contributed by atoms with Gasteiger partial charge in [0.25, 0.3) is 0 Å². The maximum atomic E-state index is 12.6. The topological polar surface area (TPSA) is 79.3 Å². The number of alkyl halides is 3. The minimum absolute atomic E-state index is 0.298. The molecule has 1 aliphatic carbocycles. The van der Waals surface area contributed by atoms with Crippen molar-refractivity contribution in [3.05, 3.63) is 41.4 Å². The number of thiazole rings is 1. The van der Waals surface area contributed by atoms with Crippen LogP contribution in [0.4, 0.5) is 13.2 Å². The molecule has 0 spiro atoms. The Kier molecular flexibility index (Phi) is 5.50. The molecule has 3 rings (SSSR count). The molecule has 1 amide bonds. The Morgan fingerprint density at radius 3 is 2.63 bits per heavy atom. The van der Waals surface area contributed by atoms with Crippen molar-refractivity contribution in [3.8, 4) is 0 Å². The van der Waals surface area contributed by atoms with E-state index in [1.54, 1.807) is 6.08 Å². The van der Waals surface area contributed by atoms with Crippen molar-refractivity contribution in [1.82, 2.24) is 10.3 Å². The van der Waals surface area contributed by atoms with Gasteiger partial charge in [0.05, 0.1) is 27.6 Å². The number of fused-ring (bicyclic) bond motifs is 1. The van der Waals surface area contributed by atoms with Gasteiger partial charge in [-0.25, -0.2) is 9.78 Å². The van der Waals surface area contributed by atoms with Crippen molar-refractivity contribution >= 4 is 33.4 Å². The van der Waals surface area contributed by atoms with Crippen LogP contribution in [0.5, 0.6) is 0 Å². The molecule has 3 atom stereocenters. The fourth-order valence-electron chi connectivity index (χ4n) is 3.14. The van der Waals surface area contributed by atoms with Crippen LogP contribution in [0.3, 0.4) is 0 Å². The first kappa shape index (κ1) is 19.3. The molecule has 9 heteroatoms. The maximum absolute atomic E-state index is 12.6. The summed E-state index contributed by atoms with van der Waals surface area (Å²) in [5, 5.41) is 11.8. The summed E-state index contributed by atoms with van der Waals surface area (Å²) >= 11 is 1.44. The number of carboxylic acid groups (broad SMARTS) is 1. The fourth-order valence-corrected chi connectivity index (χ4v) is 4.28. The molecule has 0 saturated heterocycles. The average Bonchev–Trinajstić information content (AvgIpc) is 3.04. The first-order valence-corrected chi connectivity index (χ1v) is 9.16. The number of amides is 1. The Hall–Kier alpha value is -2.42. The minimum atomic E-state index is -4.69. The number of halogens is 3. The molecule has 0 aliphatic heterocycles. The number of carbonyl (C=O) groups is 2. The third-order valence-corrected chi connectivity index (χ3v) is 5.62. The van der Waals surface area contributed by atoms with E-state index >= 15 is 0 Å². The number of allylic oxidation sites excluding steroid dienone is 2. The first-order chi connectivity index (χ1) is 12.7. The second-order valence-corrected chi connectivity index (χ2v) is 7.46. The summed E-state index contributed by atoms with van der Waals surface area (Å²) in [7, 11) is 0. The Morgan fingerprint density at radius 1 is 1.26 bits per heavy atom. The molecule has 1 aromatic heterocycles. The number of nitrogens with one attached hydrogen (secondary N) is 1. The first-order valence-electron chi connectivity index (χ1n) is 8.35. The number of para-hydroxylation sites is 1. The second-order valence-electron chi connectivity index (χ2n) is 6.39. The highest BCUT2D eigenvalue weighted by molar-refractivity contribution is 7.18. The molecule has 3 unspecified atom stereocenters. The van der Waals surface area contributed by atoms with E-state index in [0.717, 1.165) is 15.2 Å². The van der Waals surface area contributed by atoms with E-state index in [-0.39, 0.29) is 5.92 Å². The minimum Gasteiger partial charge on any atom is -0.480 e. The molecular weight excluding hydrogens is 381 g/mol. The lowest BCUT2D eigenvalue weighted by Crippen LogP contribution is -2.47. The standard InChI is InChI=1S/C18H17F3N2O3S/c19-18(20,21)9-13(17(25)26)22-15(24)10-5-1-2-6-11(10)16-23-12-7-3-4-8-14(12)27-16/h1-4,7-8,10-11,13H,5-6,9H2,(H,22,24)(H,25,26). The Morgan fingerprint density at radius 2 is 1.96 bits per heavy atom. The van der Waals surface area contributed by atoms with Gasteiger partial charge in [-0.2, -0.15) is 13.2 Å². The number of aliphatic carboxylic acids is 1. The van der Waals surface area contributed by atoms with Crippen LogP contribution in [0.15, 0.2) is 36.4 Å². The lowest BCUT2D eigenvalue weighted by Gasteiger charge is -2.27. The highest BCUT2D eigenvalue weighted by Gasteiger charge is 2.39. The van der Waals surface area contributed by atoms with E-state index in [9.17, 15) is 22.8 Å². The predicted molar refractivity (Wildman–Crippen MR) is 94.5 cm³/mol. The molecule has 0 bridgehead atoms. The summed E-state index contributed by atoms with van der Waals surface area (Å²) in [6.45, 7) is 0. The van der Waals surface area contributed by atoms with E-state index in [4.69, 9.17) is 5.11 Å². The molecule has 0 radical (unpaired) electrons. The average molecular weight is 398 g/mol. The van der Waals surface area contributed by atoms with Gasteiger partial charge in [-0.1, -0.05) is 24.3 Å². The summed E-state index contributed by atoms with van der Waals surface area (Å²) in [4.78, 5) is 28.3. The zero-order chi connectivity index (χ0) is 19.6. The third-order valence-electron chi connectivity index (χ3n) is 4.45. The van der Waals surface area contributed by atoms with Crippen molar-refractivity contribution in [2.45, 2.75) is 37.4 Å². The van der Waals surface area contributed by atoms with Crippen molar-refractivity contribution in [1.29, 1.82) is 0 Å². The van der Waals surface area contributed by atoms with Crippen LogP contribution in [-0.4, -0.2) is 34.2 Å². The van der Waals surface area contributed by atoms with Crippen LogP contribution in [0.2, 0.25) is 0 Å². The molecule has 144 valence electrons. The summed E-state index contributed by atoms with van der Waals surface area (Å²) in [6.07, 6.45) is -1.75. The lowest BCUT2D eigenvalue weighted by molar-refractivity contribution is -0.160. The molecule has 1 aliphatic rings. The predicted octanol–water partition coefficient (Wildman–Crippen LogP) is 3.87. The summed E-state index contributed by atoms with van der Waals surface area (Å²) in [5.74, 6) is -3.36. The van der Waals surface area contributed by atoms with Gasteiger partial charge < -0.3 is 10.4 Å². The van der Waals surface area contributed by atoms with Crippen LogP contribution in [-0.2, 0) is 9.59 Å². The van der Waals surface area contributed by atoms with Gasteiger partial charge in [0.15, 0.2) is 0 Å². The third kappa shape index (κ3) is 4.65. The number of nitrogens with zero attached hydrogens (tertiary/aromatic N) is 1. The van der Waals surface area contributed by atoms with Crippen molar-refractivity contribution in [2.24, 2.45) is 5.92 Å². The van der Waals surface area contributed by atoms with E-state index in [2.05, 4.69) is 10.3 Å². The van der Waals surface area contributed by atoms with Crippen molar-refractivity contribution < 1.29 is 27.9 Å². The highest BCUT2D eigenvalue weighted by atomic mass is 32.1. The van der Waals surface area contributed by atoms with Gasteiger partial charge in [-0.05, 0) is 25.0 Å². The van der Waals surface area contributed by atoms with Crippen LogP contribution in [0.1, 0.15) is 30.2 Å². The van der Waals surface area contributed by atoms with Gasteiger partial charge in [0, 0.05) is 5.92 Å². The van der Waals surface area contributed by atoms with Crippen LogP contribution in [0, 0.1) is 5.92 Å². The Labute approximate surface area is 156 Å². The maximum Gasteiger partial charge on any atom is 0.391 e. The van der Waals surface area contributed by atoms with Gasteiger partial charge in [-0.3, -0.25) is 4.79 Å². The molecule has 2 N–H and O–H groups in total. The molecule has 1 heterocycles. The van der Waals surface area contributed by atoms with Crippen molar-refractivity contribution in [2.75, 3.05) is 0 Å². The number of hydrogen-bond donors (Lipinski definition) is 2. The fraction of sp³-hybridized carbons (Fsp3) is 0.389. The van der Waals surface area contributed by atoms with Crippen LogP contribution >= 0.6 is 11.3 Å². The smallest absolute Gasteiger partial charge is 0.391 e. The molecule has 0 saturated carbocycles. The summed E-state index contributed by atoms with van der Waals surface area (Å²) in [5.41, 5.74) is 0.798. The quantitative estimate of drug-likeness (QED) is 0.750. The highest BCUT2D eigenvalue weighted by Crippen LogP contribution is 2.38. The van der Waals surface area contributed by atoms with Crippen LogP contribution < -0.4 is 5.32 Å². The zero-order valence-corrected chi connectivity index (χ0v) is 14.9. The largest absolute Gasteiger partial charge is 0.480 e. The van der Waals surface area contributed by atoms with Crippen molar-refractivity contribution in [3.63, 3.8) is 0 Å². The van der Waals surface area contributed by atoms with E-state index in [1.807, 2.05) is 30.3 Å². The summed E-state index contributed by atoms with van der Waals surface area (Å²) in [6, 6.07) is 5.50. The number of hydrogen-bond acceptors (Lipinski definition) is 4. The number of aromatic nitrogens is 1.